The highest BCUT2D eigenvalue weighted by Gasteiger charge is 2.51. The summed E-state index contributed by atoms with van der Waals surface area (Å²) in [4.78, 5) is 7.86. The number of nitrogens with zero attached hydrogens (tertiary/aromatic N) is 5. The number of benzene rings is 1. The van der Waals surface area contributed by atoms with E-state index in [9.17, 15) is 17.6 Å². The summed E-state index contributed by atoms with van der Waals surface area (Å²) in [6, 6.07) is 10.7. The minimum atomic E-state index is -4.49. The monoisotopic (exact) mass is 514 g/mol. The molecule has 0 aliphatic carbocycles. The lowest BCUT2D eigenvalue weighted by molar-refractivity contribution is -0.141. The first-order valence-electron chi connectivity index (χ1n) is 11.8. The van der Waals surface area contributed by atoms with Crippen molar-refractivity contribution in [3.63, 3.8) is 0 Å². The molecule has 2 fully saturated rings. The van der Waals surface area contributed by atoms with Crippen LogP contribution in [-0.4, -0.2) is 46.3 Å². The molecular formula is C26H26F4N6O. The molecule has 1 aromatic carbocycles. The largest absolute Gasteiger partial charge is 0.472 e. The molecule has 2 aliphatic rings. The summed E-state index contributed by atoms with van der Waals surface area (Å²) < 4.78 is 58.0. The number of nitrogens with one attached hydrogen (secondary N) is 1. The Kier molecular flexibility index (Phi) is 6.38. The SMILES string of the molecule is C=C(C)N1CC2(C1)CN(c1ccc(CNc3ccc(OCc4ccc(C(F)(F)F)nc4)nn3)c(F)c1)C2. The van der Waals surface area contributed by atoms with Crippen LogP contribution < -0.4 is 15.0 Å². The van der Waals surface area contributed by atoms with Crippen molar-refractivity contribution in [2.24, 2.45) is 5.41 Å². The Morgan fingerprint density at radius 3 is 2.46 bits per heavy atom. The second kappa shape index (κ2) is 9.53. The minimum absolute atomic E-state index is 0.00551. The molecule has 0 bridgehead atoms. The third-order valence-electron chi connectivity index (χ3n) is 6.65. The summed E-state index contributed by atoms with van der Waals surface area (Å²) in [7, 11) is 0. The van der Waals surface area contributed by atoms with Crippen LogP contribution in [0.4, 0.5) is 29.1 Å². The molecule has 1 N–H and O–H groups in total. The van der Waals surface area contributed by atoms with Gasteiger partial charge in [-0.25, -0.2) is 4.39 Å². The van der Waals surface area contributed by atoms with E-state index in [1.807, 2.05) is 13.0 Å². The van der Waals surface area contributed by atoms with Gasteiger partial charge in [-0.15, -0.1) is 10.2 Å². The third-order valence-corrected chi connectivity index (χ3v) is 6.65. The van der Waals surface area contributed by atoms with Crippen LogP contribution in [0.25, 0.3) is 0 Å². The molecule has 37 heavy (non-hydrogen) atoms. The molecule has 0 saturated carbocycles. The topological polar surface area (TPSA) is 66.4 Å². The Labute approximate surface area is 211 Å². The molecule has 4 heterocycles. The van der Waals surface area contributed by atoms with Crippen LogP contribution in [0.3, 0.4) is 0 Å². The lowest BCUT2D eigenvalue weighted by Gasteiger charge is -2.61. The molecule has 2 saturated heterocycles. The summed E-state index contributed by atoms with van der Waals surface area (Å²) in [5.74, 6) is 0.344. The summed E-state index contributed by atoms with van der Waals surface area (Å²) >= 11 is 0. The minimum Gasteiger partial charge on any atom is -0.472 e. The van der Waals surface area contributed by atoms with E-state index in [-0.39, 0.29) is 24.8 Å². The average Bonchev–Trinajstić information content (AvgIpc) is 2.80. The number of likely N-dealkylation sites (tertiary alicyclic amines) is 1. The van der Waals surface area contributed by atoms with Crippen molar-refractivity contribution >= 4 is 11.5 Å². The van der Waals surface area contributed by atoms with Crippen molar-refractivity contribution in [2.75, 3.05) is 36.4 Å². The fourth-order valence-corrected chi connectivity index (χ4v) is 4.57. The van der Waals surface area contributed by atoms with Crippen molar-refractivity contribution < 1.29 is 22.3 Å². The van der Waals surface area contributed by atoms with Gasteiger partial charge in [-0.3, -0.25) is 4.98 Å². The van der Waals surface area contributed by atoms with Gasteiger partial charge in [-0.2, -0.15) is 13.2 Å². The molecule has 3 aromatic rings. The number of ether oxygens (including phenoxy) is 1. The number of rotatable bonds is 8. The Morgan fingerprint density at radius 1 is 1.08 bits per heavy atom. The molecule has 2 aliphatic heterocycles. The second-order valence-corrected chi connectivity index (χ2v) is 9.67. The predicted molar refractivity (Wildman–Crippen MR) is 130 cm³/mol. The zero-order valence-electron chi connectivity index (χ0n) is 20.2. The standard InChI is InChI=1S/C26H26F4N6O/c1-17(2)35-13-25(14-35)15-36(16-25)20-5-4-19(21(27)9-20)11-32-23-7-8-24(34-33-23)37-12-18-3-6-22(31-10-18)26(28,29)30/h3-10H,1,11-16H2,2H3,(H,32,33). The zero-order chi connectivity index (χ0) is 26.2. The first kappa shape index (κ1) is 24.8. The van der Waals surface area contributed by atoms with E-state index in [0.29, 0.717) is 22.4 Å². The maximum atomic E-state index is 14.7. The van der Waals surface area contributed by atoms with Crippen LogP contribution in [0, 0.1) is 11.2 Å². The van der Waals surface area contributed by atoms with E-state index in [4.69, 9.17) is 4.74 Å². The van der Waals surface area contributed by atoms with Crippen LogP contribution >= 0.6 is 0 Å². The Bertz CT molecular complexity index is 1270. The van der Waals surface area contributed by atoms with E-state index in [0.717, 1.165) is 49.8 Å². The van der Waals surface area contributed by atoms with Gasteiger partial charge in [0.05, 0.1) is 0 Å². The van der Waals surface area contributed by atoms with Crippen molar-refractivity contribution in [3.8, 4) is 5.88 Å². The fourth-order valence-electron chi connectivity index (χ4n) is 4.57. The Hall–Kier alpha value is -3.89. The number of hydrogen-bond donors (Lipinski definition) is 1. The maximum Gasteiger partial charge on any atom is 0.433 e. The number of pyridine rings is 1. The van der Waals surface area contributed by atoms with Crippen LogP contribution in [0.5, 0.6) is 5.88 Å². The number of allylic oxidation sites excluding steroid dienone is 1. The first-order chi connectivity index (χ1) is 17.6. The number of alkyl halides is 3. The van der Waals surface area contributed by atoms with E-state index in [1.54, 1.807) is 24.3 Å². The quantitative estimate of drug-likeness (QED) is 0.430. The van der Waals surface area contributed by atoms with Crippen LogP contribution in [0.2, 0.25) is 0 Å². The smallest absolute Gasteiger partial charge is 0.433 e. The van der Waals surface area contributed by atoms with Crippen molar-refractivity contribution in [3.05, 3.63) is 83.6 Å². The maximum absolute atomic E-state index is 14.7. The molecule has 11 heteroatoms. The third kappa shape index (κ3) is 5.45. The molecular weight excluding hydrogens is 488 g/mol. The number of anilines is 2. The van der Waals surface area contributed by atoms with Gasteiger partial charge in [0.15, 0.2) is 0 Å². The molecule has 0 atom stereocenters. The lowest BCUT2D eigenvalue weighted by atomic mass is 9.72. The molecule has 5 rings (SSSR count). The van der Waals surface area contributed by atoms with Crippen LogP contribution in [-0.2, 0) is 19.3 Å². The summed E-state index contributed by atoms with van der Waals surface area (Å²) in [6.07, 6.45) is -3.38. The van der Waals surface area contributed by atoms with Gasteiger partial charge in [0.25, 0.3) is 0 Å². The van der Waals surface area contributed by atoms with Crippen LogP contribution in [0.15, 0.2) is 60.9 Å². The molecule has 1 spiro atoms. The highest BCUT2D eigenvalue weighted by atomic mass is 19.4. The van der Waals surface area contributed by atoms with E-state index in [1.165, 1.54) is 6.07 Å². The normalized spacial score (nSPS) is 16.2. The summed E-state index contributed by atoms with van der Waals surface area (Å²) in [5, 5.41) is 11.0. The van der Waals surface area contributed by atoms with Gasteiger partial charge in [0.2, 0.25) is 5.88 Å². The molecule has 194 valence electrons. The first-order valence-corrected chi connectivity index (χ1v) is 11.8. The van der Waals surface area contributed by atoms with Gasteiger partial charge in [0.1, 0.15) is 23.9 Å². The highest BCUT2D eigenvalue weighted by molar-refractivity contribution is 5.52. The lowest BCUT2D eigenvalue weighted by Crippen LogP contribution is -2.71. The average molecular weight is 515 g/mol. The number of hydrogen-bond acceptors (Lipinski definition) is 7. The van der Waals surface area contributed by atoms with Gasteiger partial charge in [0, 0.05) is 72.9 Å². The Balaban J connectivity index is 1.09. The summed E-state index contributed by atoms with van der Waals surface area (Å²) in [5.41, 5.74) is 2.29. The predicted octanol–water partition coefficient (Wildman–Crippen LogP) is 4.88. The van der Waals surface area contributed by atoms with Crippen molar-refractivity contribution in [1.29, 1.82) is 0 Å². The van der Waals surface area contributed by atoms with E-state index >= 15 is 0 Å². The van der Waals surface area contributed by atoms with Crippen molar-refractivity contribution in [2.45, 2.75) is 26.3 Å². The number of halogens is 4. The zero-order valence-corrected chi connectivity index (χ0v) is 20.2. The van der Waals surface area contributed by atoms with Gasteiger partial charge < -0.3 is 19.9 Å². The molecule has 2 aromatic heterocycles. The van der Waals surface area contributed by atoms with Crippen LogP contribution in [0.1, 0.15) is 23.7 Å². The van der Waals surface area contributed by atoms with E-state index in [2.05, 4.69) is 36.9 Å². The van der Waals surface area contributed by atoms with Gasteiger partial charge in [-0.05, 0) is 31.2 Å². The van der Waals surface area contributed by atoms with E-state index < -0.39 is 11.9 Å². The van der Waals surface area contributed by atoms with Crippen molar-refractivity contribution in [1.82, 2.24) is 20.1 Å². The van der Waals surface area contributed by atoms with Gasteiger partial charge >= 0.3 is 6.18 Å². The molecule has 0 unspecified atom stereocenters. The molecule has 7 nitrogen and oxygen atoms in total. The highest BCUT2D eigenvalue weighted by Crippen LogP contribution is 2.43. The number of aromatic nitrogens is 3. The summed E-state index contributed by atoms with van der Waals surface area (Å²) in [6.45, 7) is 10.1. The fraction of sp³-hybridized carbons (Fsp3) is 0.346. The molecule has 0 amide bonds. The van der Waals surface area contributed by atoms with Gasteiger partial charge in [-0.1, -0.05) is 18.7 Å². The second-order valence-electron chi connectivity index (χ2n) is 9.67. The Morgan fingerprint density at radius 2 is 1.86 bits per heavy atom. The molecule has 0 radical (unpaired) electrons.